The van der Waals surface area contributed by atoms with Crippen LogP contribution >= 0.6 is 0 Å². The second kappa shape index (κ2) is 5.80. The van der Waals surface area contributed by atoms with E-state index in [1.165, 1.54) is 6.92 Å². The number of carbonyl (C=O) groups excluding carboxylic acids is 2. The van der Waals surface area contributed by atoms with E-state index >= 15 is 0 Å². The lowest BCUT2D eigenvalue weighted by atomic mass is 10.2. The standard InChI is InChI=1S/C11H13NO3/c1-9(13)12-7-8-15-11(14)10-5-3-2-4-6-10/h2-6H,7-8H2,1H3,(H,12,13). The first-order chi connectivity index (χ1) is 7.20. The molecule has 0 aliphatic heterocycles. The highest BCUT2D eigenvalue weighted by atomic mass is 16.5. The van der Waals surface area contributed by atoms with Crippen LogP contribution in [0.2, 0.25) is 0 Å². The summed E-state index contributed by atoms with van der Waals surface area (Å²) in [7, 11) is 0. The molecule has 1 aromatic rings. The first kappa shape index (κ1) is 11.2. The van der Waals surface area contributed by atoms with E-state index in [1.54, 1.807) is 24.3 Å². The van der Waals surface area contributed by atoms with E-state index in [0.717, 1.165) is 0 Å². The number of esters is 1. The molecule has 0 fully saturated rings. The SMILES string of the molecule is CC(=O)NCCOC(=O)c1ccccc1. The summed E-state index contributed by atoms with van der Waals surface area (Å²) in [6.07, 6.45) is 0. The molecule has 80 valence electrons. The lowest BCUT2D eigenvalue weighted by molar-refractivity contribution is -0.119. The van der Waals surface area contributed by atoms with E-state index < -0.39 is 0 Å². The lowest BCUT2D eigenvalue weighted by Crippen LogP contribution is -2.25. The Morgan fingerprint density at radius 2 is 1.93 bits per heavy atom. The third kappa shape index (κ3) is 4.26. The Morgan fingerprint density at radius 1 is 1.27 bits per heavy atom. The number of hydrogen-bond acceptors (Lipinski definition) is 3. The zero-order valence-corrected chi connectivity index (χ0v) is 8.53. The Hall–Kier alpha value is -1.84. The van der Waals surface area contributed by atoms with Crippen molar-refractivity contribution >= 4 is 11.9 Å². The molecule has 0 spiro atoms. The van der Waals surface area contributed by atoms with Gasteiger partial charge in [0.25, 0.3) is 0 Å². The smallest absolute Gasteiger partial charge is 0.338 e. The first-order valence-electron chi connectivity index (χ1n) is 4.67. The Morgan fingerprint density at radius 3 is 2.53 bits per heavy atom. The third-order valence-corrected chi connectivity index (χ3v) is 1.72. The molecule has 1 amide bonds. The van der Waals surface area contributed by atoms with Gasteiger partial charge in [-0.15, -0.1) is 0 Å². The molecule has 0 radical (unpaired) electrons. The van der Waals surface area contributed by atoms with Crippen LogP contribution in [0, 0.1) is 0 Å². The molecule has 0 atom stereocenters. The van der Waals surface area contributed by atoms with E-state index in [0.29, 0.717) is 12.1 Å². The van der Waals surface area contributed by atoms with Gasteiger partial charge in [0.2, 0.25) is 5.91 Å². The number of ether oxygens (including phenoxy) is 1. The highest BCUT2D eigenvalue weighted by Crippen LogP contribution is 2.00. The minimum absolute atomic E-state index is 0.134. The second-order valence-corrected chi connectivity index (χ2v) is 2.98. The largest absolute Gasteiger partial charge is 0.460 e. The molecule has 0 aliphatic rings. The zero-order chi connectivity index (χ0) is 11.1. The second-order valence-electron chi connectivity index (χ2n) is 2.98. The molecule has 0 bridgehead atoms. The van der Waals surface area contributed by atoms with Crippen molar-refractivity contribution in [3.8, 4) is 0 Å². The van der Waals surface area contributed by atoms with Gasteiger partial charge in [-0.05, 0) is 12.1 Å². The summed E-state index contributed by atoms with van der Waals surface area (Å²) >= 11 is 0. The van der Waals surface area contributed by atoms with Gasteiger partial charge in [-0.25, -0.2) is 4.79 Å². The van der Waals surface area contributed by atoms with Crippen LogP contribution in [0.1, 0.15) is 17.3 Å². The van der Waals surface area contributed by atoms with Gasteiger partial charge in [0.05, 0.1) is 12.1 Å². The first-order valence-corrected chi connectivity index (χ1v) is 4.67. The molecule has 0 aromatic heterocycles. The quantitative estimate of drug-likeness (QED) is 0.591. The number of carbonyl (C=O) groups is 2. The van der Waals surface area contributed by atoms with E-state index in [1.807, 2.05) is 6.07 Å². The molecule has 0 aliphatic carbocycles. The Kier molecular flexibility index (Phi) is 4.34. The summed E-state index contributed by atoms with van der Waals surface area (Å²) in [6, 6.07) is 8.73. The van der Waals surface area contributed by atoms with E-state index in [-0.39, 0.29) is 18.5 Å². The van der Waals surface area contributed by atoms with E-state index in [4.69, 9.17) is 4.74 Å². The molecule has 1 rings (SSSR count). The summed E-state index contributed by atoms with van der Waals surface area (Å²) in [5.74, 6) is -0.508. The van der Waals surface area contributed by atoms with Gasteiger partial charge in [0.15, 0.2) is 0 Å². The van der Waals surface area contributed by atoms with Crippen molar-refractivity contribution in [1.82, 2.24) is 5.32 Å². The fourth-order valence-corrected chi connectivity index (χ4v) is 1.03. The number of benzene rings is 1. The van der Waals surface area contributed by atoms with Crippen molar-refractivity contribution < 1.29 is 14.3 Å². The van der Waals surface area contributed by atoms with Gasteiger partial charge < -0.3 is 10.1 Å². The van der Waals surface area contributed by atoms with Gasteiger partial charge in [-0.2, -0.15) is 0 Å². The van der Waals surface area contributed by atoms with Gasteiger partial charge in [0.1, 0.15) is 6.61 Å². The molecular formula is C11H13NO3. The van der Waals surface area contributed by atoms with Crippen molar-refractivity contribution in [3.05, 3.63) is 35.9 Å². The summed E-state index contributed by atoms with van der Waals surface area (Å²) < 4.78 is 4.92. The average Bonchev–Trinajstić information content (AvgIpc) is 2.25. The van der Waals surface area contributed by atoms with E-state index in [9.17, 15) is 9.59 Å². The third-order valence-electron chi connectivity index (χ3n) is 1.72. The minimum Gasteiger partial charge on any atom is -0.460 e. The van der Waals surface area contributed by atoms with Crippen LogP contribution in [0.5, 0.6) is 0 Å². The van der Waals surface area contributed by atoms with Gasteiger partial charge in [0, 0.05) is 6.92 Å². The number of nitrogens with one attached hydrogen (secondary N) is 1. The van der Waals surface area contributed by atoms with Crippen molar-refractivity contribution in [3.63, 3.8) is 0 Å². The normalized spacial score (nSPS) is 9.40. The monoisotopic (exact) mass is 207 g/mol. The maximum Gasteiger partial charge on any atom is 0.338 e. The maximum atomic E-state index is 11.4. The van der Waals surface area contributed by atoms with Crippen LogP contribution in [0.25, 0.3) is 0 Å². The Labute approximate surface area is 88.2 Å². The van der Waals surface area contributed by atoms with Crippen LogP contribution in [0.15, 0.2) is 30.3 Å². The molecule has 0 saturated carbocycles. The molecular weight excluding hydrogens is 194 g/mol. The summed E-state index contributed by atoms with van der Waals surface area (Å²) in [4.78, 5) is 21.9. The molecule has 0 unspecified atom stereocenters. The predicted octanol–water partition coefficient (Wildman–Crippen LogP) is 0.979. The fraction of sp³-hybridized carbons (Fsp3) is 0.273. The lowest BCUT2D eigenvalue weighted by Gasteiger charge is -2.04. The maximum absolute atomic E-state index is 11.4. The van der Waals surface area contributed by atoms with Crippen LogP contribution in [0.3, 0.4) is 0 Å². The summed E-state index contributed by atoms with van der Waals surface area (Å²) in [5, 5.41) is 2.54. The van der Waals surface area contributed by atoms with Gasteiger partial charge >= 0.3 is 5.97 Å². The number of rotatable bonds is 4. The van der Waals surface area contributed by atoms with E-state index in [2.05, 4.69) is 5.32 Å². The van der Waals surface area contributed by atoms with Crippen LogP contribution < -0.4 is 5.32 Å². The molecule has 4 nitrogen and oxygen atoms in total. The highest BCUT2D eigenvalue weighted by Gasteiger charge is 2.04. The number of hydrogen-bond donors (Lipinski definition) is 1. The average molecular weight is 207 g/mol. The van der Waals surface area contributed by atoms with Crippen molar-refractivity contribution in [1.29, 1.82) is 0 Å². The molecule has 1 aromatic carbocycles. The van der Waals surface area contributed by atoms with Crippen LogP contribution in [-0.2, 0) is 9.53 Å². The predicted molar refractivity (Wildman–Crippen MR) is 55.4 cm³/mol. The summed E-state index contributed by atoms with van der Waals surface area (Å²) in [6.45, 7) is 1.94. The zero-order valence-electron chi connectivity index (χ0n) is 8.53. The van der Waals surface area contributed by atoms with Gasteiger partial charge in [-0.3, -0.25) is 4.79 Å². The van der Waals surface area contributed by atoms with Crippen molar-refractivity contribution in [2.24, 2.45) is 0 Å². The highest BCUT2D eigenvalue weighted by molar-refractivity contribution is 5.89. The van der Waals surface area contributed by atoms with Crippen LogP contribution in [0.4, 0.5) is 0 Å². The molecule has 0 saturated heterocycles. The molecule has 15 heavy (non-hydrogen) atoms. The van der Waals surface area contributed by atoms with Crippen LogP contribution in [-0.4, -0.2) is 25.0 Å². The van der Waals surface area contributed by atoms with Crippen molar-refractivity contribution in [2.75, 3.05) is 13.2 Å². The van der Waals surface area contributed by atoms with Crippen molar-refractivity contribution in [2.45, 2.75) is 6.92 Å². The molecule has 4 heteroatoms. The van der Waals surface area contributed by atoms with Gasteiger partial charge in [-0.1, -0.05) is 18.2 Å². The fourth-order valence-electron chi connectivity index (χ4n) is 1.03. The Bertz CT molecular complexity index is 335. The molecule has 1 N–H and O–H groups in total. The minimum atomic E-state index is -0.374. The number of amides is 1. The molecule has 0 heterocycles. The topological polar surface area (TPSA) is 55.4 Å². The summed E-state index contributed by atoms with van der Waals surface area (Å²) in [5.41, 5.74) is 0.514. The Balaban J connectivity index is 2.28.